The number of nitrogens with two attached hydrogens (primary N) is 1. The predicted molar refractivity (Wildman–Crippen MR) is 73.2 cm³/mol. The van der Waals surface area contributed by atoms with Crippen molar-refractivity contribution in [1.29, 1.82) is 0 Å². The van der Waals surface area contributed by atoms with E-state index in [-0.39, 0.29) is 23.5 Å². The average molecular weight is 309 g/mol. The van der Waals surface area contributed by atoms with Crippen LogP contribution < -0.4 is 11.1 Å². The standard InChI is InChI=1S/C11H11N5O4S/c1-5-8(11(19)20)14-15-16(5)4-7(17)13-10-6(9(12)18)2-3-21-10/h2-3H,4H2,1H3,(H2,12,18)(H,13,17)(H,19,20). The third kappa shape index (κ3) is 3.05. The first-order valence-electron chi connectivity index (χ1n) is 5.70. The van der Waals surface area contributed by atoms with Crippen LogP contribution >= 0.6 is 11.3 Å². The molecule has 110 valence electrons. The van der Waals surface area contributed by atoms with Gasteiger partial charge in [-0.25, -0.2) is 9.48 Å². The Morgan fingerprint density at radius 2 is 2.19 bits per heavy atom. The lowest BCUT2D eigenvalue weighted by atomic mass is 10.3. The summed E-state index contributed by atoms with van der Waals surface area (Å²) in [5, 5.41) is 20.4. The summed E-state index contributed by atoms with van der Waals surface area (Å²) in [5.74, 6) is -2.32. The zero-order valence-corrected chi connectivity index (χ0v) is 11.7. The quantitative estimate of drug-likeness (QED) is 0.714. The highest BCUT2D eigenvalue weighted by molar-refractivity contribution is 7.14. The molecule has 0 saturated heterocycles. The normalized spacial score (nSPS) is 10.3. The molecule has 9 nitrogen and oxygen atoms in total. The maximum absolute atomic E-state index is 11.9. The number of rotatable bonds is 5. The SMILES string of the molecule is Cc1c(C(=O)O)nnn1CC(=O)Nc1sccc1C(N)=O. The molecule has 2 heterocycles. The second kappa shape index (κ2) is 5.71. The van der Waals surface area contributed by atoms with Gasteiger partial charge in [0.15, 0.2) is 5.69 Å². The van der Waals surface area contributed by atoms with Gasteiger partial charge in [0.05, 0.1) is 11.3 Å². The summed E-state index contributed by atoms with van der Waals surface area (Å²) in [5.41, 5.74) is 5.44. The summed E-state index contributed by atoms with van der Waals surface area (Å²) >= 11 is 1.16. The Morgan fingerprint density at radius 1 is 1.48 bits per heavy atom. The number of carbonyl (C=O) groups is 3. The summed E-state index contributed by atoms with van der Waals surface area (Å²) in [7, 11) is 0. The number of primary amides is 1. The van der Waals surface area contributed by atoms with E-state index in [1.54, 1.807) is 5.38 Å². The minimum absolute atomic E-state index is 0.211. The first-order chi connectivity index (χ1) is 9.90. The fraction of sp³-hybridized carbons (Fsp3) is 0.182. The van der Waals surface area contributed by atoms with Crippen molar-refractivity contribution in [2.75, 3.05) is 5.32 Å². The van der Waals surface area contributed by atoms with E-state index in [0.29, 0.717) is 5.00 Å². The van der Waals surface area contributed by atoms with Gasteiger partial charge in [-0.2, -0.15) is 0 Å². The lowest BCUT2D eigenvalue weighted by molar-refractivity contribution is -0.116. The zero-order valence-electron chi connectivity index (χ0n) is 10.9. The van der Waals surface area contributed by atoms with Gasteiger partial charge in [0.1, 0.15) is 11.5 Å². The van der Waals surface area contributed by atoms with Crippen LogP contribution in [0, 0.1) is 6.92 Å². The first-order valence-corrected chi connectivity index (χ1v) is 6.58. The van der Waals surface area contributed by atoms with E-state index in [0.717, 1.165) is 16.0 Å². The number of hydrogen-bond acceptors (Lipinski definition) is 6. The van der Waals surface area contributed by atoms with Crippen LogP contribution in [-0.4, -0.2) is 37.9 Å². The van der Waals surface area contributed by atoms with Crippen molar-refractivity contribution in [2.24, 2.45) is 5.73 Å². The number of aromatic carboxylic acids is 1. The topological polar surface area (TPSA) is 140 Å². The Labute approximate surface area is 122 Å². The van der Waals surface area contributed by atoms with E-state index >= 15 is 0 Å². The van der Waals surface area contributed by atoms with E-state index in [1.165, 1.54) is 13.0 Å². The van der Waals surface area contributed by atoms with Crippen LogP contribution in [0.25, 0.3) is 0 Å². The molecule has 0 aromatic carbocycles. The molecule has 0 radical (unpaired) electrons. The van der Waals surface area contributed by atoms with Crippen LogP contribution in [0.4, 0.5) is 5.00 Å². The molecule has 0 spiro atoms. The molecule has 0 unspecified atom stereocenters. The Morgan fingerprint density at radius 3 is 2.76 bits per heavy atom. The monoisotopic (exact) mass is 309 g/mol. The second-order valence-electron chi connectivity index (χ2n) is 4.06. The van der Waals surface area contributed by atoms with Crippen molar-refractivity contribution in [1.82, 2.24) is 15.0 Å². The van der Waals surface area contributed by atoms with E-state index in [2.05, 4.69) is 15.6 Å². The highest BCUT2D eigenvalue weighted by atomic mass is 32.1. The van der Waals surface area contributed by atoms with Gasteiger partial charge in [-0.05, 0) is 18.4 Å². The highest BCUT2D eigenvalue weighted by Crippen LogP contribution is 2.22. The molecular formula is C11H11N5O4S. The number of amides is 2. The number of carbonyl (C=O) groups excluding carboxylic acids is 2. The van der Waals surface area contributed by atoms with Gasteiger partial charge in [-0.3, -0.25) is 9.59 Å². The molecule has 0 aliphatic rings. The van der Waals surface area contributed by atoms with Gasteiger partial charge in [-0.15, -0.1) is 16.4 Å². The van der Waals surface area contributed by atoms with Crippen molar-refractivity contribution in [3.8, 4) is 0 Å². The van der Waals surface area contributed by atoms with Crippen LogP contribution in [0.15, 0.2) is 11.4 Å². The molecule has 0 aliphatic carbocycles. The van der Waals surface area contributed by atoms with Gasteiger partial charge >= 0.3 is 5.97 Å². The second-order valence-corrected chi connectivity index (χ2v) is 4.98. The summed E-state index contributed by atoms with van der Waals surface area (Å²) in [6.45, 7) is 1.28. The van der Waals surface area contributed by atoms with Crippen molar-refractivity contribution < 1.29 is 19.5 Å². The first kappa shape index (κ1) is 14.7. The summed E-state index contributed by atoms with van der Waals surface area (Å²) in [6.07, 6.45) is 0. The van der Waals surface area contributed by atoms with Crippen LogP contribution in [0.5, 0.6) is 0 Å². The molecule has 0 atom stereocenters. The molecule has 2 aromatic rings. The van der Waals surface area contributed by atoms with E-state index in [9.17, 15) is 14.4 Å². The zero-order chi connectivity index (χ0) is 15.6. The van der Waals surface area contributed by atoms with Crippen LogP contribution in [0.3, 0.4) is 0 Å². The van der Waals surface area contributed by atoms with E-state index in [1.807, 2.05) is 0 Å². The lowest BCUT2D eigenvalue weighted by Crippen LogP contribution is -2.22. The van der Waals surface area contributed by atoms with Gasteiger partial charge in [0.2, 0.25) is 5.91 Å². The van der Waals surface area contributed by atoms with E-state index in [4.69, 9.17) is 10.8 Å². The number of aromatic nitrogens is 3. The van der Waals surface area contributed by atoms with Gasteiger partial charge < -0.3 is 16.2 Å². The largest absolute Gasteiger partial charge is 0.476 e. The van der Waals surface area contributed by atoms with Gasteiger partial charge in [0, 0.05) is 0 Å². The summed E-state index contributed by atoms with van der Waals surface area (Å²) in [4.78, 5) is 33.9. The number of nitrogens with zero attached hydrogens (tertiary/aromatic N) is 3. The molecule has 21 heavy (non-hydrogen) atoms. The maximum atomic E-state index is 11.9. The summed E-state index contributed by atoms with van der Waals surface area (Å²) in [6, 6.07) is 1.51. The number of thiophene rings is 1. The number of carboxylic acid groups (broad SMARTS) is 1. The Balaban J connectivity index is 2.10. The predicted octanol–water partition coefficient (Wildman–Crippen LogP) is 0.0838. The van der Waals surface area contributed by atoms with Gasteiger partial charge in [0.25, 0.3) is 5.91 Å². The molecule has 0 aliphatic heterocycles. The number of hydrogen-bond donors (Lipinski definition) is 3. The lowest BCUT2D eigenvalue weighted by Gasteiger charge is -2.05. The molecule has 0 fully saturated rings. The molecular weight excluding hydrogens is 298 g/mol. The number of carboxylic acids is 1. The third-order valence-corrected chi connectivity index (χ3v) is 3.49. The molecule has 2 aromatic heterocycles. The van der Waals surface area contributed by atoms with Gasteiger partial charge in [-0.1, -0.05) is 5.21 Å². The molecule has 0 bridgehead atoms. The smallest absolute Gasteiger partial charge is 0.358 e. The Hall–Kier alpha value is -2.75. The molecule has 2 amide bonds. The minimum atomic E-state index is -1.21. The maximum Gasteiger partial charge on any atom is 0.358 e. The Bertz CT molecular complexity index is 720. The molecule has 10 heteroatoms. The highest BCUT2D eigenvalue weighted by Gasteiger charge is 2.18. The summed E-state index contributed by atoms with van der Waals surface area (Å²) < 4.78 is 1.16. The van der Waals surface area contributed by atoms with Crippen molar-refractivity contribution in [3.63, 3.8) is 0 Å². The third-order valence-electron chi connectivity index (χ3n) is 2.66. The van der Waals surface area contributed by atoms with Crippen LogP contribution in [0.2, 0.25) is 0 Å². The number of nitrogens with one attached hydrogen (secondary N) is 1. The molecule has 2 rings (SSSR count). The molecule has 4 N–H and O–H groups in total. The molecule has 0 saturated carbocycles. The fourth-order valence-electron chi connectivity index (χ4n) is 1.61. The van der Waals surface area contributed by atoms with Crippen molar-refractivity contribution in [2.45, 2.75) is 13.5 Å². The number of anilines is 1. The minimum Gasteiger partial charge on any atom is -0.476 e. The van der Waals surface area contributed by atoms with Crippen molar-refractivity contribution >= 4 is 34.1 Å². The van der Waals surface area contributed by atoms with Crippen LogP contribution in [0.1, 0.15) is 26.5 Å². The fourth-order valence-corrected chi connectivity index (χ4v) is 2.42. The Kier molecular flexibility index (Phi) is 3.98. The van der Waals surface area contributed by atoms with Crippen LogP contribution in [-0.2, 0) is 11.3 Å². The van der Waals surface area contributed by atoms with Crippen molar-refractivity contribution in [3.05, 3.63) is 28.4 Å². The average Bonchev–Trinajstić information content (AvgIpc) is 2.97. The van der Waals surface area contributed by atoms with E-state index < -0.39 is 17.8 Å².